The van der Waals surface area contributed by atoms with E-state index in [0.29, 0.717) is 18.1 Å². The minimum atomic E-state index is -0.222. The number of halogens is 1. The molecular weight excluding hydrogens is 388 g/mol. The van der Waals surface area contributed by atoms with Crippen molar-refractivity contribution in [3.8, 4) is 0 Å². The summed E-state index contributed by atoms with van der Waals surface area (Å²) in [6.07, 6.45) is 4.60. The van der Waals surface area contributed by atoms with Crippen molar-refractivity contribution < 1.29 is 4.79 Å². The summed E-state index contributed by atoms with van der Waals surface area (Å²) in [4.78, 5) is 14.5. The maximum absolute atomic E-state index is 13.3. The van der Waals surface area contributed by atoms with Gasteiger partial charge in [-0.3, -0.25) is 4.79 Å². The second kappa shape index (κ2) is 9.34. The van der Waals surface area contributed by atoms with Gasteiger partial charge in [0.2, 0.25) is 5.91 Å². The predicted molar refractivity (Wildman–Crippen MR) is 119 cm³/mol. The van der Waals surface area contributed by atoms with Crippen LogP contribution in [0.2, 0.25) is 0 Å². The summed E-state index contributed by atoms with van der Waals surface area (Å²) < 4.78 is 0. The van der Waals surface area contributed by atoms with Crippen LogP contribution in [0.25, 0.3) is 0 Å². The maximum Gasteiger partial charge on any atom is 0.238 e. The highest BCUT2D eigenvalue weighted by Gasteiger charge is 2.35. The third kappa shape index (κ3) is 4.91. The summed E-state index contributed by atoms with van der Waals surface area (Å²) in [7, 11) is 0. The molecule has 0 aliphatic carbocycles. The van der Waals surface area contributed by atoms with E-state index in [4.69, 9.17) is 0 Å². The lowest BCUT2D eigenvalue weighted by atomic mass is 9.99. The number of hydrogen-bond donors (Lipinski definition) is 2. The van der Waals surface area contributed by atoms with E-state index in [1.54, 1.807) is 11.8 Å². The van der Waals surface area contributed by atoms with Crippen LogP contribution < -0.4 is 10.6 Å². The minimum absolute atomic E-state index is 0. The normalized spacial score (nSPS) is 24.3. The van der Waals surface area contributed by atoms with Gasteiger partial charge in [0.25, 0.3) is 0 Å². The van der Waals surface area contributed by atoms with E-state index >= 15 is 0 Å². The van der Waals surface area contributed by atoms with Crippen molar-refractivity contribution in [1.82, 2.24) is 10.6 Å². The van der Waals surface area contributed by atoms with Crippen LogP contribution in [0, 0.1) is 13.8 Å². The van der Waals surface area contributed by atoms with Crippen LogP contribution in [0.15, 0.2) is 53.4 Å². The fourth-order valence-electron chi connectivity index (χ4n) is 4.41. The summed E-state index contributed by atoms with van der Waals surface area (Å²) in [5.74, 6) is 0.137. The van der Waals surface area contributed by atoms with Gasteiger partial charge in [-0.15, -0.1) is 24.2 Å². The van der Waals surface area contributed by atoms with Crippen LogP contribution in [0.1, 0.15) is 47.6 Å². The fourth-order valence-corrected chi connectivity index (χ4v) is 5.52. The van der Waals surface area contributed by atoms with Gasteiger partial charge in [0, 0.05) is 23.0 Å². The van der Waals surface area contributed by atoms with E-state index in [-0.39, 0.29) is 23.6 Å². The van der Waals surface area contributed by atoms with Gasteiger partial charge in [0.1, 0.15) is 5.25 Å². The van der Waals surface area contributed by atoms with Gasteiger partial charge in [-0.2, -0.15) is 0 Å². The van der Waals surface area contributed by atoms with Crippen LogP contribution in [0.3, 0.4) is 0 Å². The molecule has 2 N–H and O–H groups in total. The van der Waals surface area contributed by atoms with E-state index in [1.165, 1.54) is 28.9 Å². The standard InChI is InChI=1S/C23H28N2OS.ClH/c1-15-8-11-21(16(2)12-15)27-22(17-6-4-3-5-7-17)23(26)25-20-13-18-9-10-19(14-20)24-18;/h3-8,11-12,18-20,22,24H,9-10,13-14H2,1-2H3,(H,25,26);1H. The highest BCUT2D eigenvalue weighted by atomic mass is 35.5. The molecule has 2 bridgehead atoms. The molecule has 28 heavy (non-hydrogen) atoms. The Morgan fingerprint density at radius 3 is 2.39 bits per heavy atom. The zero-order chi connectivity index (χ0) is 18.8. The predicted octanol–water partition coefficient (Wildman–Crippen LogP) is 4.96. The van der Waals surface area contributed by atoms with Crippen LogP contribution in [0.4, 0.5) is 0 Å². The molecule has 2 fully saturated rings. The molecule has 2 heterocycles. The highest BCUT2D eigenvalue weighted by Crippen LogP contribution is 2.38. The van der Waals surface area contributed by atoms with Crippen LogP contribution >= 0.6 is 24.2 Å². The van der Waals surface area contributed by atoms with Crippen LogP contribution in [-0.2, 0) is 4.79 Å². The second-order valence-electron chi connectivity index (χ2n) is 7.99. The number of carbonyl (C=O) groups excluding carboxylic acids is 1. The lowest BCUT2D eigenvalue weighted by Gasteiger charge is -2.31. The van der Waals surface area contributed by atoms with Gasteiger partial charge >= 0.3 is 0 Å². The number of nitrogens with one attached hydrogen (secondary N) is 2. The van der Waals surface area contributed by atoms with E-state index in [2.05, 4.69) is 54.8 Å². The number of rotatable bonds is 5. The second-order valence-corrected chi connectivity index (χ2v) is 9.14. The Morgan fingerprint density at radius 2 is 1.75 bits per heavy atom. The number of aryl methyl sites for hydroxylation is 2. The number of fused-ring (bicyclic) bond motifs is 2. The summed E-state index contributed by atoms with van der Waals surface area (Å²) in [5.41, 5.74) is 3.55. The molecule has 2 aromatic rings. The molecule has 2 aliphatic rings. The molecule has 0 spiro atoms. The van der Waals surface area contributed by atoms with Crippen molar-refractivity contribution in [2.75, 3.05) is 0 Å². The summed E-state index contributed by atoms with van der Waals surface area (Å²) in [6, 6.07) is 18.1. The zero-order valence-electron chi connectivity index (χ0n) is 16.5. The van der Waals surface area contributed by atoms with Gasteiger partial charge in [-0.25, -0.2) is 0 Å². The van der Waals surface area contributed by atoms with E-state index in [9.17, 15) is 4.79 Å². The lowest BCUT2D eigenvalue weighted by molar-refractivity contribution is -0.121. The fraction of sp³-hybridized carbons (Fsp3) is 0.435. The van der Waals surface area contributed by atoms with Crippen molar-refractivity contribution in [2.45, 2.75) is 67.8 Å². The van der Waals surface area contributed by atoms with Gasteiger partial charge in [0.15, 0.2) is 0 Å². The number of thioether (sulfide) groups is 1. The minimum Gasteiger partial charge on any atom is -0.352 e. The lowest BCUT2D eigenvalue weighted by Crippen LogP contribution is -2.48. The summed E-state index contributed by atoms with van der Waals surface area (Å²) in [6.45, 7) is 4.23. The number of hydrogen-bond acceptors (Lipinski definition) is 3. The van der Waals surface area contributed by atoms with Gasteiger partial charge in [0.05, 0.1) is 0 Å². The van der Waals surface area contributed by atoms with Crippen molar-refractivity contribution >= 4 is 30.1 Å². The third-order valence-corrected chi connectivity index (χ3v) is 7.17. The first-order valence-electron chi connectivity index (χ1n) is 9.94. The van der Waals surface area contributed by atoms with Crippen molar-refractivity contribution in [3.05, 3.63) is 65.2 Å². The molecule has 3 atom stereocenters. The Morgan fingerprint density at radius 1 is 1.07 bits per heavy atom. The Balaban J connectivity index is 0.00000225. The first kappa shape index (κ1) is 21.2. The average Bonchev–Trinajstić information content (AvgIpc) is 3.00. The SMILES string of the molecule is Cc1ccc(SC(C(=O)NC2CC3CCC(C2)N3)c2ccccc2)c(C)c1.Cl. The van der Waals surface area contributed by atoms with Crippen LogP contribution in [-0.4, -0.2) is 24.0 Å². The molecule has 0 aromatic heterocycles. The van der Waals surface area contributed by atoms with Crippen molar-refractivity contribution in [2.24, 2.45) is 0 Å². The third-order valence-electron chi connectivity index (χ3n) is 5.74. The van der Waals surface area contributed by atoms with E-state index in [0.717, 1.165) is 18.4 Å². The zero-order valence-corrected chi connectivity index (χ0v) is 18.1. The molecule has 150 valence electrons. The number of benzene rings is 2. The quantitative estimate of drug-likeness (QED) is 0.677. The maximum atomic E-state index is 13.3. The Hall–Kier alpha value is -1.49. The monoisotopic (exact) mass is 416 g/mol. The molecule has 2 aliphatic heterocycles. The van der Waals surface area contributed by atoms with E-state index in [1.807, 2.05) is 18.2 Å². The molecule has 3 nitrogen and oxygen atoms in total. The molecule has 4 rings (SSSR count). The molecule has 2 aromatic carbocycles. The van der Waals surface area contributed by atoms with Gasteiger partial charge < -0.3 is 10.6 Å². The van der Waals surface area contributed by atoms with Crippen molar-refractivity contribution in [3.63, 3.8) is 0 Å². The first-order chi connectivity index (χ1) is 13.1. The summed E-state index contributed by atoms with van der Waals surface area (Å²) >= 11 is 1.66. The smallest absolute Gasteiger partial charge is 0.238 e. The van der Waals surface area contributed by atoms with Gasteiger partial charge in [-0.1, -0.05) is 48.0 Å². The molecule has 3 unspecified atom stereocenters. The number of amides is 1. The molecule has 1 amide bonds. The number of piperidine rings is 1. The van der Waals surface area contributed by atoms with Crippen LogP contribution in [0.5, 0.6) is 0 Å². The van der Waals surface area contributed by atoms with Gasteiger partial charge in [-0.05, 0) is 56.7 Å². The molecule has 0 saturated carbocycles. The molecule has 5 heteroatoms. The first-order valence-corrected chi connectivity index (χ1v) is 10.8. The Bertz CT molecular complexity index is 802. The molecule has 0 radical (unpaired) electrons. The highest BCUT2D eigenvalue weighted by molar-refractivity contribution is 8.00. The number of carbonyl (C=O) groups is 1. The Labute approximate surface area is 178 Å². The Kier molecular flexibility index (Phi) is 7.08. The topological polar surface area (TPSA) is 41.1 Å². The van der Waals surface area contributed by atoms with E-state index < -0.39 is 0 Å². The van der Waals surface area contributed by atoms with Crippen molar-refractivity contribution in [1.29, 1.82) is 0 Å². The summed E-state index contributed by atoms with van der Waals surface area (Å²) in [5, 5.41) is 6.80. The molecular formula is C23H29ClN2OS. The molecule has 2 saturated heterocycles. The average molecular weight is 417 g/mol. The largest absolute Gasteiger partial charge is 0.352 e.